The number of phosphoric ester groups is 2. The molecule has 0 saturated carbocycles. The summed E-state index contributed by atoms with van der Waals surface area (Å²) >= 11 is 0. The fourth-order valence-electron chi connectivity index (χ4n) is 11.7. The van der Waals surface area contributed by atoms with Crippen LogP contribution < -0.4 is 0 Å². The number of phosphoric acid groups is 2. The van der Waals surface area contributed by atoms with Crippen molar-refractivity contribution in [2.45, 2.75) is 413 Å². The minimum absolute atomic E-state index is 0.107. The van der Waals surface area contributed by atoms with Crippen LogP contribution in [0.2, 0.25) is 0 Å². The second kappa shape index (κ2) is 67.9. The van der Waals surface area contributed by atoms with Gasteiger partial charge < -0.3 is 33.8 Å². The van der Waals surface area contributed by atoms with Crippen molar-refractivity contribution in [1.82, 2.24) is 0 Å². The normalized spacial score (nSPS) is 14.0. The smallest absolute Gasteiger partial charge is 0.462 e. The highest BCUT2D eigenvalue weighted by atomic mass is 31.2. The molecule has 3 N–H and O–H groups in total. The molecular formula is C76H148O17P2. The summed E-state index contributed by atoms with van der Waals surface area (Å²) in [7, 11) is -9.91. The molecule has 95 heavy (non-hydrogen) atoms. The average Bonchev–Trinajstić information content (AvgIpc) is 3.52. The Kier molecular flexibility index (Phi) is 66.5. The number of aliphatic hydroxyl groups excluding tert-OH is 1. The number of aliphatic hydroxyl groups is 1. The molecule has 19 heteroatoms. The first-order valence-electron chi connectivity index (χ1n) is 39.5. The summed E-state index contributed by atoms with van der Waals surface area (Å²) < 4.78 is 68.5. The van der Waals surface area contributed by atoms with E-state index in [9.17, 15) is 43.2 Å². The maximum absolute atomic E-state index is 13.1. The predicted octanol–water partition coefficient (Wildman–Crippen LogP) is 22.3. The molecule has 0 bridgehead atoms. The molecule has 0 aromatic rings. The molecule has 17 nitrogen and oxygen atoms in total. The van der Waals surface area contributed by atoms with E-state index in [4.69, 9.17) is 37.0 Å². The van der Waals surface area contributed by atoms with Gasteiger partial charge in [0.2, 0.25) is 0 Å². The molecule has 0 saturated heterocycles. The van der Waals surface area contributed by atoms with Crippen molar-refractivity contribution < 1.29 is 80.2 Å². The molecule has 0 rings (SSSR count). The Morgan fingerprint density at radius 3 is 0.716 bits per heavy atom. The Morgan fingerprint density at radius 2 is 0.484 bits per heavy atom. The number of esters is 4. The van der Waals surface area contributed by atoms with E-state index in [0.717, 1.165) is 102 Å². The van der Waals surface area contributed by atoms with Crippen molar-refractivity contribution in [2.75, 3.05) is 39.6 Å². The van der Waals surface area contributed by atoms with Gasteiger partial charge >= 0.3 is 39.5 Å². The van der Waals surface area contributed by atoms with E-state index in [1.807, 2.05) is 0 Å². The number of hydrogen-bond acceptors (Lipinski definition) is 15. The van der Waals surface area contributed by atoms with Crippen molar-refractivity contribution in [3.8, 4) is 0 Å². The Morgan fingerprint density at radius 1 is 0.284 bits per heavy atom. The zero-order valence-electron chi connectivity index (χ0n) is 62.0. The van der Waals surface area contributed by atoms with Crippen LogP contribution in [0.25, 0.3) is 0 Å². The fourth-order valence-corrected chi connectivity index (χ4v) is 13.2. The van der Waals surface area contributed by atoms with E-state index in [1.165, 1.54) is 212 Å². The van der Waals surface area contributed by atoms with Gasteiger partial charge in [0.25, 0.3) is 0 Å². The first kappa shape index (κ1) is 93.1. The van der Waals surface area contributed by atoms with Crippen molar-refractivity contribution >= 4 is 39.5 Å². The second-order valence-electron chi connectivity index (χ2n) is 28.3. The molecule has 0 fully saturated rings. The summed E-state index contributed by atoms with van der Waals surface area (Å²) in [6.45, 7) is 9.63. The van der Waals surface area contributed by atoms with E-state index in [2.05, 4.69) is 41.5 Å². The zero-order valence-corrected chi connectivity index (χ0v) is 63.8. The Balaban J connectivity index is 5.22. The van der Waals surface area contributed by atoms with Crippen LogP contribution >= 0.6 is 15.6 Å². The fraction of sp³-hybridized carbons (Fsp3) is 0.947. The Labute approximate surface area is 581 Å². The summed E-state index contributed by atoms with van der Waals surface area (Å²) in [5.41, 5.74) is 0. The van der Waals surface area contributed by atoms with Crippen LogP contribution in [0.4, 0.5) is 0 Å². The molecule has 2 unspecified atom stereocenters. The molecule has 0 radical (unpaired) electrons. The van der Waals surface area contributed by atoms with Gasteiger partial charge in [0.1, 0.15) is 19.3 Å². The highest BCUT2D eigenvalue weighted by molar-refractivity contribution is 7.47. The monoisotopic (exact) mass is 1400 g/mol. The van der Waals surface area contributed by atoms with Crippen molar-refractivity contribution in [3.63, 3.8) is 0 Å². The van der Waals surface area contributed by atoms with Crippen molar-refractivity contribution in [1.29, 1.82) is 0 Å². The number of carbonyl (C=O) groups is 4. The molecule has 0 aromatic heterocycles. The molecule has 0 aliphatic heterocycles. The standard InChI is InChI=1S/C76H148O17P2/c1-7-9-11-13-15-17-27-36-42-48-54-60-75(80)92-71(64-86-73(78)58-52-46-40-34-18-16-14-12-10-8-2)66-90-94(82,83)88-62-70(77)63-89-95(84,85)91-67-72(65-87-74(79)59-53-47-41-35-30-26-25-29-33-39-45-51-57-69(5)6)93-76(81)61-55-49-43-37-31-24-22-20-19-21-23-28-32-38-44-50-56-68(3)4/h68-72,77H,7-67H2,1-6H3,(H,82,83)(H,84,85)/t70-,71+,72+/m0/s1. The van der Waals surface area contributed by atoms with Crippen LogP contribution in [0.1, 0.15) is 395 Å². The maximum atomic E-state index is 13.1. The van der Waals surface area contributed by atoms with Crippen molar-refractivity contribution in [2.24, 2.45) is 11.8 Å². The SMILES string of the molecule is CCCCCCCCCCCCCC(=O)O[C@H](COC(=O)CCCCCCCCCCCC)COP(=O)(O)OC[C@H](O)COP(=O)(O)OC[C@@H](COC(=O)CCCCCCCCCCCCCCC(C)C)OC(=O)CCCCCCCCCCCCCCCCCCC(C)C. The number of rotatable bonds is 75. The van der Waals surface area contributed by atoms with Gasteiger partial charge in [-0.2, -0.15) is 0 Å². The van der Waals surface area contributed by atoms with E-state index in [-0.39, 0.29) is 25.7 Å². The third kappa shape index (κ3) is 70.3. The molecule has 0 aromatic carbocycles. The summed E-state index contributed by atoms with van der Waals surface area (Å²) in [6.07, 6.45) is 55.4. The molecule has 0 amide bonds. The minimum atomic E-state index is -4.96. The number of ether oxygens (including phenoxy) is 4. The number of hydrogen-bond donors (Lipinski definition) is 3. The predicted molar refractivity (Wildman–Crippen MR) is 386 cm³/mol. The van der Waals surface area contributed by atoms with Gasteiger partial charge in [-0.05, 0) is 37.5 Å². The average molecular weight is 1400 g/mol. The van der Waals surface area contributed by atoms with Crippen LogP contribution in [-0.4, -0.2) is 96.7 Å². The summed E-state index contributed by atoms with van der Waals surface area (Å²) in [5, 5.41) is 10.6. The lowest BCUT2D eigenvalue weighted by Gasteiger charge is -2.21. The number of unbranched alkanes of at least 4 members (excludes halogenated alkanes) is 45. The molecule has 0 spiro atoms. The third-order valence-corrected chi connectivity index (χ3v) is 19.6. The van der Waals surface area contributed by atoms with E-state index in [0.29, 0.717) is 25.7 Å². The molecule has 0 aliphatic carbocycles. The molecular weight excluding hydrogens is 1250 g/mol. The van der Waals surface area contributed by atoms with Gasteiger partial charge in [-0.1, -0.05) is 343 Å². The van der Waals surface area contributed by atoms with Gasteiger partial charge in [0.15, 0.2) is 12.2 Å². The summed E-state index contributed by atoms with van der Waals surface area (Å²) in [6, 6.07) is 0. The van der Waals surface area contributed by atoms with E-state index >= 15 is 0 Å². The van der Waals surface area contributed by atoms with Crippen LogP contribution in [0.5, 0.6) is 0 Å². The van der Waals surface area contributed by atoms with Crippen LogP contribution in [0, 0.1) is 11.8 Å². The summed E-state index contributed by atoms with van der Waals surface area (Å²) in [5.74, 6) is -0.523. The molecule has 0 aliphatic rings. The minimum Gasteiger partial charge on any atom is -0.462 e. The van der Waals surface area contributed by atoms with Gasteiger partial charge in [-0.25, -0.2) is 9.13 Å². The van der Waals surface area contributed by atoms with Gasteiger partial charge in [0.05, 0.1) is 26.4 Å². The number of carbonyl (C=O) groups excluding carboxylic acids is 4. The molecule has 0 heterocycles. The summed E-state index contributed by atoms with van der Waals surface area (Å²) in [4.78, 5) is 72.8. The largest absolute Gasteiger partial charge is 0.472 e. The highest BCUT2D eigenvalue weighted by Crippen LogP contribution is 2.45. The van der Waals surface area contributed by atoms with E-state index in [1.54, 1.807) is 0 Å². The Bertz CT molecular complexity index is 1840. The van der Waals surface area contributed by atoms with E-state index < -0.39 is 97.5 Å². The first-order chi connectivity index (χ1) is 45.9. The maximum Gasteiger partial charge on any atom is 0.472 e. The lowest BCUT2D eigenvalue weighted by atomic mass is 10.0. The van der Waals surface area contributed by atoms with Crippen LogP contribution in [0.15, 0.2) is 0 Å². The van der Waals surface area contributed by atoms with Gasteiger partial charge in [-0.15, -0.1) is 0 Å². The second-order valence-corrected chi connectivity index (χ2v) is 31.3. The highest BCUT2D eigenvalue weighted by Gasteiger charge is 2.30. The molecule has 564 valence electrons. The van der Waals surface area contributed by atoms with Crippen LogP contribution in [0.3, 0.4) is 0 Å². The lowest BCUT2D eigenvalue weighted by Crippen LogP contribution is -2.30. The van der Waals surface area contributed by atoms with Gasteiger partial charge in [0, 0.05) is 25.7 Å². The Hall–Kier alpha value is -1.94. The quantitative estimate of drug-likeness (QED) is 0.0222. The van der Waals surface area contributed by atoms with Crippen molar-refractivity contribution in [3.05, 3.63) is 0 Å². The topological polar surface area (TPSA) is 237 Å². The first-order valence-corrected chi connectivity index (χ1v) is 42.5. The van der Waals surface area contributed by atoms with Gasteiger partial charge in [-0.3, -0.25) is 37.3 Å². The molecule has 5 atom stereocenters. The third-order valence-electron chi connectivity index (χ3n) is 17.7. The van der Waals surface area contributed by atoms with Crippen LogP contribution in [-0.2, 0) is 65.4 Å². The zero-order chi connectivity index (χ0) is 70.0. The lowest BCUT2D eigenvalue weighted by molar-refractivity contribution is -0.161.